The molecule has 0 spiro atoms. The van der Waals surface area contributed by atoms with Gasteiger partial charge in [0.1, 0.15) is 0 Å². The van der Waals surface area contributed by atoms with Crippen LogP contribution in [0.25, 0.3) is 5.57 Å². The SMILES string of the molecule is C=C(c1ccc(Cl)cc1)c1c(Br)sc(C)c1C. The maximum Gasteiger partial charge on any atom is 0.0782 e. The van der Waals surface area contributed by atoms with Crippen molar-refractivity contribution in [2.75, 3.05) is 0 Å². The number of hydrogen-bond acceptors (Lipinski definition) is 1. The van der Waals surface area contributed by atoms with Crippen molar-refractivity contribution in [3.63, 3.8) is 0 Å². The lowest BCUT2D eigenvalue weighted by molar-refractivity contribution is 1.40. The summed E-state index contributed by atoms with van der Waals surface area (Å²) in [6.45, 7) is 8.45. The second-order valence-corrected chi connectivity index (χ2v) is 6.90. The number of rotatable bonds is 2. The quantitative estimate of drug-likeness (QED) is 0.649. The van der Waals surface area contributed by atoms with Crippen LogP contribution in [0, 0.1) is 13.8 Å². The number of thiophene rings is 1. The average Bonchev–Trinajstić information content (AvgIpc) is 2.53. The van der Waals surface area contributed by atoms with E-state index >= 15 is 0 Å². The van der Waals surface area contributed by atoms with Gasteiger partial charge in [0, 0.05) is 15.5 Å². The Hall–Kier alpha value is -0.570. The Kier molecular flexibility index (Phi) is 3.76. The molecule has 0 saturated carbocycles. The van der Waals surface area contributed by atoms with Gasteiger partial charge in [0.15, 0.2) is 0 Å². The van der Waals surface area contributed by atoms with Crippen LogP contribution in [0.15, 0.2) is 34.6 Å². The Morgan fingerprint density at radius 1 is 1.24 bits per heavy atom. The van der Waals surface area contributed by atoms with Gasteiger partial charge in [-0.15, -0.1) is 11.3 Å². The highest BCUT2D eigenvalue weighted by atomic mass is 79.9. The largest absolute Gasteiger partial charge is 0.133 e. The van der Waals surface area contributed by atoms with Gasteiger partial charge >= 0.3 is 0 Å². The third-order valence-electron chi connectivity index (χ3n) is 2.84. The predicted octanol–water partition coefficient (Wildman–Crippen LogP) is 5.84. The van der Waals surface area contributed by atoms with E-state index in [0.29, 0.717) is 0 Å². The molecule has 0 atom stereocenters. The minimum atomic E-state index is 0.749. The number of hydrogen-bond donors (Lipinski definition) is 0. The summed E-state index contributed by atoms with van der Waals surface area (Å²) < 4.78 is 1.15. The van der Waals surface area contributed by atoms with Crippen molar-refractivity contribution in [3.8, 4) is 0 Å². The van der Waals surface area contributed by atoms with Crippen molar-refractivity contribution >= 4 is 44.4 Å². The first-order valence-electron chi connectivity index (χ1n) is 5.21. The van der Waals surface area contributed by atoms with Crippen LogP contribution < -0.4 is 0 Å². The van der Waals surface area contributed by atoms with Crippen molar-refractivity contribution in [2.45, 2.75) is 13.8 Å². The van der Waals surface area contributed by atoms with E-state index in [1.165, 1.54) is 16.0 Å². The third-order valence-corrected chi connectivity index (χ3v) is 4.97. The fourth-order valence-electron chi connectivity index (χ4n) is 1.73. The molecule has 1 aromatic carbocycles. The molecule has 0 N–H and O–H groups in total. The summed E-state index contributed by atoms with van der Waals surface area (Å²) in [7, 11) is 0. The van der Waals surface area contributed by atoms with Crippen LogP contribution in [-0.4, -0.2) is 0 Å². The van der Waals surface area contributed by atoms with Gasteiger partial charge in [0.25, 0.3) is 0 Å². The second kappa shape index (κ2) is 4.97. The molecule has 0 amide bonds. The minimum Gasteiger partial charge on any atom is -0.133 e. The molecule has 0 bridgehead atoms. The van der Waals surface area contributed by atoms with Crippen LogP contribution in [-0.2, 0) is 0 Å². The van der Waals surface area contributed by atoms with Gasteiger partial charge in [-0.1, -0.05) is 30.3 Å². The lowest BCUT2D eigenvalue weighted by Crippen LogP contribution is -1.88. The van der Waals surface area contributed by atoms with Crippen molar-refractivity contribution in [1.82, 2.24) is 0 Å². The molecular weight excluding hydrogens is 316 g/mol. The third kappa shape index (κ3) is 2.49. The Bertz CT molecular complexity index is 567. The Morgan fingerprint density at radius 2 is 1.82 bits per heavy atom. The molecule has 3 heteroatoms. The Morgan fingerprint density at radius 3 is 2.29 bits per heavy atom. The van der Waals surface area contributed by atoms with Crippen LogP contribution in [0.5, 0.6) is 0 Å². The zero-order chi connectivity index (χ0) is 12.6. The van der Waals surface area contributed by atoms with E-state index < -0.39 is 0 Å². The van der Waals surface area contributed by atoms with E-state index in [-0.39, 0.29) is 0 Å². The van der Waals surface area contributed by atoms with E-state index in [9.17, 15) is 0 Å². The molecule has 1 aromatic heterocycles. The minimum absolute atomic E-state index is 0.749. The Balaban J connectivity index is 2.47. The monoisotopic (exact) mass is 326 g/mol. The van der Waals surface area contributed by atoms with Crippen LogP contribution in [0.3, 0.4) is 0 Å². The van der Waals surface area contributed by atoms with Gasteiger partial charge < -0.3 is 0 Å². The first kappa shape index (κ1) is 12.9. The maximum absolute atomic E-state index is 5.89. The second-order valence-electron chi connectivity index (χ2n) is 3.92. The summed E-state index contributed by atoms with van der Waals surface area (Å²) in [5.41, 5.74) is 4.64. The molecule has 0 fully saturated rings. The molecule has 88 valence electrons. The fraction of sp³-hybridized carbons (Fsp3) is 0.143. The molecule has 0 nitrogen and oxygen atoms in total. The van der Waals surface area contributed by atoms with Crippen molar-refractivity contribution in [3.05, 3.63) is 61.2 Å². The van der Waals surface area contributed by atoms with Crippen molar-refractivity contribution < 1.29 is 0 Å². The summed E-state index contributed by atoms with van der Waals surface area (Å²) in [4.78, 5) is 1.32. The molecule has 0 saturated heterocycles. The van der Waals surface area contributed by atoms with Crippen molar-refractivity contribution in [1.29, 1.82) is 0 Å². The van der Waals surface area contributed by atoms with Crippen molar-refractivity contribution in [2.24, 2.45) is 0 Å². The molecule has 0 aliphatic carbocycles. The van der Waals surface area contributed by atoms with Gasteiger partial charge in [-0.2, -0.15) is 0 Å². The zero-order valence-electron chi connectivity index (χ0n) is 9.68. The summed E-state index contributed by atoms with van der Waals surface area (Å²) in [6, 6.07) is 7.79. The molecule has 1 heterocycles. The lowest BCUT2D eigenvalue weighted by atomic mass is 9.99. The standard InChI is InChI=1S/C14H12BrClS/c1-8-10(3)17-14(15)13(8)9(2)11-4-6-12(16)7-5-11/h4-7H,2H2,1,3H3. The van der Waals surface area contributed by atoms with Gasteiger partial charge in [-0.05, 0) is 58.6 Å². The Labute approximate surface area is 119 Å². The zero-order valence-corrected chi connectivity index (χ0v) is 12.8. The van der Waals surface area contributed by atoms with E-state index in [0.717, 1.165) is 19.9 Å². The molecule has 2 aromatic rings. The molecule has 2 rings (SSSR count). The first-order valence-corrected chi connectivity index (χ1v) is 7.20. The molecule has 0 unspecified atom stereocenters. The number of aryl methyl sites for hydroxylation is 1. The summed E-state index contributed by atoms with van der Waals surface area (Å²) >= 11 is 11.3. The summed E-state index contributed by atoms with van der Waals surface area (Å²) in [5.74, 6) is 0. The van der Waals surface area contributed by atoms with E-state index in [1.807, 2.05) is 24.3 Å². The van der Waals surface area contributed by atoms with Gasteiger partial charge in [-0.3, -0.25) is 0 Å². The van der Waals surface area contributed by atoms with E-state index in [2.05, 4.69) is 36.4 Å². The highest BCUT2D eigenvalue weighted by molar-refractivity contribution is 9.11. The molecule has 0 radical (unpaired) electrons. The van der Waals surface area contributed by atoms with E-state index in [4.69, 9.17) is 11.6 Å². The fourth-order valence-corrected chi connectivity index (χ4v) is 4.02. The van der Waals surface area contributed by atoms with Crippen LogP contribution in [0.2, 0.25) is 5.02 Å². The average molecular weight is 328 g/mol. The maximum atomic E-state index is 5.89. The van der Waals surface area contributed by atoms with Crippen LogP contribution in [0.1, 0.15) is 21.6 Å². The summed E-state index contributed by atoms with van der Waals surface area (Å²) in [6.07, 6.45) is 0. The van der Waals surface area contributed by atoms with E-state index in [1.54, 1.807) is 11.3 Å². The van der Waals surface area contributed by atoms with Gasteiger partial charge in [0.05, 0.1) is 3.79 Å². The highest BCUT2D eigenvalue weighted by Crippen LogP contribution is 2.38. The van der Waals surface area contributed by atoms with Crippen LogP contribution in [0.4, 0.5) is 0 Å². The topological polar surface area (TPSA) is 0 Å². The lowest BCUT2D eigenvalue weighted by Gasteiger charge is -2.07. The molecular formula is C14H12BrClS. The van der Waals surface area contributed by atoms with Gasteiger partial charge in [0.2, 0.25) is 0 Å². The molecule has 0 aliphatic rings. The number of benzene rings is 1. The first-order chi connectivity index (χ1) is 8.00. The number of halogens is 2. The van der Waals surface area contributed by atoms with Crippen LogP contribution >= 0.6 is 38.9 Å². The predicted molar refractivity (Wildman–Crippen MR) is 81.1 cm³/mol. The summed E-state index contributed by atoms with van der Waals surface area (Å²) in [5, 5.41) is 0.749. The molecule has 0 aliphatic heterocycles. The molecule has 17 heavy (non-hydrogen) atoms. The normalized spacial score (nSPS) is 10.6. The highest BCUT2D eigenvalue weighted by Gasteiger charge is 2.14. The van der Waals surface area contributed by atoms with Gasteiger partial charge in [-0.25, -0.2) is 0 Å². The smallest absolute Gasteiger partial charge is 0.0782 e.